The van der Waals surface area contributed by atoms with E-state index in [9.17, 15) is 35.9 Å². The Morgan fingerprint density at radius 3 is 2.29 bits per heavy atom. The second-order valence-corrected chi connectivity index (χ2v) is 10.1. The van der Waals surface area contributed by atoms with Crippen LogP contribution >= 0.6 is 11.3 Å². The lowest BCUT2D eigenvalue weighted by atomic mass is 10.0. The van der Waals surface area contributed by atoms with Crippen LogP contribution in [0.3, 0.4) is 0 Å². The predicted octanol–water partition coefficient (Wildman–Crippen LogP) is 5.04. The minimum atomic E-state index is -5.09. The summed E-state index contributed by atoms with van der Waals surface area (Å²) in [5.74, 6) is -0.496. The Hall–Kier alpha value is -3.49. The maximum Gasteiger partial charge on any atom is 0.416 e. The van der Waals surface area contributed by atoms with E-state index in [-0.39, 0.29) is 28.8 Å². The lowest BCUT2D eigenvalue weighted by Gasteiger charge is -2.16. The molecule has 0 bridgehead atoms. The van der Waals surface area contributed by atoms with Gasteiger partial charge in [-0.05, 0) is 50.8 Å². The summed E-state index contributed by atoms with van der Waals surface area (Å²) in [5.41, 5.74) is -4.02. The van der Waals surface area contributed by atoms with E-state index >= 15 is 0 Å². The van der Waals surface area contributed by atoms with Gasteiger partial charge in [-0.2, -0.15) is 31.0 Å². The van der Waals surface area contributed by atoms with Gasteiger partial charge in [-0.3, -0.25) is 9.59 Å². The number of thiazole rings is 1. The van der Waals surface area contributed by atoms with Crippen LogP contribution < -0.4 is 5.32 Å². The van der Waals surface area contributed by atoms with Crippen LogP contribution in [0.25, 0.3) is 5.13 Å². The predicted molar refractivity (Wildman–Crippen MR) is 124 cm³/mol. The third-order valence-electron chi connectivity index (χ3n) is 5.78. The summed E-state index contributed by atoms with van der Waals surface area (Å²) in [6, 6.07) is -0.342. The molecule has 1 N–H and O–H groups in total. The first-order valence-electron chi connectivity index (χ1n) is 11.4. The smallest absolute Gasteiger partial charge is 0.342 e. The summed E-state index contributed by atoms with van der Waals surface area (Å²) in [6.07, 6.45) is -6.64. The molecule has 4 rings (SSSR count). The Morgan fingerprint density at radius 2 is 1.74 bits per heavy atom. The molecule has 2 aromatic heterocycles. The van der Waals surface area contributed by atoms with Crippen molar-refractivity contribution in [3.8, 4) is 5.13 Å². The number of nitrogens with one attached hydrogen (secondary N) is 1. The Morgan fingerprint density at radius 1 is 1.13 bits per heavy atom. The summed E-state index contributed by atoms with van der Waals surface area (Å²) in [5, 5.41) is 6.86. The summed E-state index contributed by atoms with van der Waals surface area (Å²) < 4.78 is 80.4. The number of rotatable bonds is 7. The molecular weight excluding hydrogens is 538 g/mol. The summed E-state index contributed by atoms with van der Waals surface area (Å²) >= 11 is 1.03. The van der Waals surface area contributed by atoms with Gasteiger partial charge in [0.05, 0.1) is 23.4 Å². The van der Waals surface area contributed by atoms with Crippen LogP contribution in [-0.2, 0) is 12.4 Å². The van der Waals surface area contributed by atoms with Crippen molar-refractivity contribution in [3.05, 3.63) is 57.6 Å². The van der Waals surface area contributed by atoms with Gasteiger partial charge in [-0.15, -0.1) is 5.10 Å². The van der Waals surface area contributed by atoms with Crippen molar-refractivity contribution in [2.24, 2.45) is 5.92 Å². The lowest BCUT2D eigenvalue weighted by Crippen LogP contribution is -2.29. The van der Waals surface area contributed by atoms with Crippen molar-refractivity contribution in [2.45, 2.75) is 45.1 Å². The zero-order valence-corrected chi connectivity index (χ0v) is 21.1. The summed E-state index contributed by atoms with van der Waals surface area (Å²) in [7, 11) is 1.70. The van der Waals surface area contributed by atoms with Gasteiger partial charge in [-0.25, -0.2) is 9.97 Å². The van der Waals surface area contributed by atoms with E-state index in [2.05, 4.69) is 20.4 Å². The fourth-order valence-corrected chi connectivity index (χ4v) is 4.57. The third-order valence-corrected chi connectivity index (χ3v) is 6.74. The maximum absolute atomic E-state index is 13.2. The second kappa shape index (κ2) is 10.0. The fraction of sp³-hybridized carbons (Fsp3) is 0.435. The highest BCUT2D eigenvalue weighted by molar-refractivity contribution is 7.16. The Labute approximate surface area is 216 Å². The fourth-order valence-electron chi connectivity index (χ4n) is 3.70. The van der Waals surface area contributed by atoms with Crippen molar-refractivity contribution in [1.82, 2.24) is 30.0 Å². The standard InChI is InChI=1S/C23H22F6N6O2S/c1-11(31-19(36)14-6-15(22(24,25)26)8-16(7-14)23(27,28)29)18-32-12(2)33-35(18)21-30-9-17(38-21)20(37)34(3)10-13-4-5-13/h6-9,11,13H,4-5,10H2,1-3H3,(H,31,36)/t11-/m0/s1. The van der Waals surface area contributed by atoms with Gasteiger partial charge in [0, 0.05) is 19.2 Å². The zero-order valence-electron chi connectivity index (χ0n) is 20.3. The minimum Gasteiger partial charge on any atom is -0.342 e. The molecule has 1 saturated carbocycles. The topological polar surface area (TPSA) is 93.0 Å². The Balaban J connectivity index is 1.57. The van der Waals surface area contributed by atoms with Crippen molar-refractivity contribution in [1.29, 1.82) is 0 Å². The molecule has 0 spiro atoms. The van der Waals surface area contributed by atoms with E-state index in [4.69, 9.17) is 0 Å². The largest absolute Gasteiger partial charge is 0.416 e. The number of aromatic nitrogens is 4. The highest BCUT2D eigenvalue weighted by Gasteiger charge is 2.38. The Bertz CT molecular complexity index is 1330. The molecule has 2 heterocycles. The number of hydrogen-bond acceptors (Lipinski definition) is 6. The van der Waals surface area contributed by atoms with Crippen molar-refractivity contribution in [2.75, 3.05) is 13.6 Å². The molecule has 1 fully saturated rings. The summed E-state index contributed by atoms with van der Waals surface area (Å²) in [6.45, 7) is 3.63. The van der Waals surface area contributed by atoms with Gasteiger partial charge in [0.15, 0.2) is 5.82 Å². The highest BCUT2D eigenvalue weighted by Crippen LogP contribution is 2.36. The molecule has 1 aliphatic carbocycles. The monoisotopic (exact) mass is 560 g/mol. The first kappa shape index (κ1) is 27.5. The molecule has 0 radical (unpaired) electrons. The number of hydrogen-bond donors (Lipinski definition) is 1. The number of benzene rings is 1. The van der Waals surface area contributed by atoms with Crippen LogP contribution in [0, 0.1) is 12.8 Å². The number of alkyl halides is 6. The van der Waals surface area contributed by atoms with E-state index in [1.807, 2.05) is 0 Å². The van der Waals surface area contributed by atoms with Gasteiger partial charge in [-0.1, -0.05) is 11.3 Å². The van der Waals surface area contributed by atoms with E-state index < -0.39 is 41.0 Å². The van der Waals surface area contributed by atoms with E-state index in [0.29, 0.717) is 29.5 Å². The molecule has 2 amide bonds. The number of carbonyl (C=O) groups excluding carboxylic acids is 2. The van der Waals surface area contributed by atoms with Crippen LogP contribution in [0.2, 0.25) is 0 Å². The quantitative estimate of drug-likeness (QED) is 0.409. The normalized spacial score (nSPS) is 14.9. The number of amides is 2. The van der Waals surface area contributed by atoms with Gasteiger partial charge >= 0.3 is 12.4 Å². The third kappa shape index (κ3) is 6.14. The maximum atomic E-state index is 13.2. The van der Waals surface area contributed by atoms with Crippen molar-refractivity contribution >= 4 is 23.2 Å². The van der Waals surface area contributed by atoms with E-state index in [1.54, 1.807) is 18.9 Å². The van der Waals surface area contributed by atoms with Gasteiger partial charge in [0.25, 0.3) is 11.8 Å². The second-order valence-electron chi connectivity index (χ2n) is 9.05. The number of nitrogens with zero attached hydrogens (tertiary/aromatic N) is 5. The van der Waals surface area contributed by atoms with Crippen LogP contribution in [0.4, 0.5) is 26.3 Å². The molecule has 0 aliphatic heterocycles. The number of carbonyl (C=O) groups is 2. The molecule has 8 nitrogen and oxygen atoms in total. The summed E-state index contributed by atoms with van der Waals surface area (Å²) in [4.78, 5) is 35.9. The highest BCUT2D eigenvalue weighted by atomic mass is 32.1. The molecule has 1 aromatic carbocycles. The van der Waals surface area contributed by atoms with Crippen LogP contribution in [-0.4, -0.2) is 50.1 Å². The molecule has 0 saturated heterocycles. The minimum absolute atomic E-state index is 0.0520. The molecule has 204 valence electrons. The molecule has 1 atom stereocenters. The van der Waals surface area contributed by atoms with Gasteiger partial charge in [0.1, 0.15) is 10.7 Å². The van der Waals surface area contributed by atoms with Crippen LogP contribution in [0.15, 0.2) is 24.4 Å². The number of aryl methyl sites for hydroxylation is 1. The Kier molecular flexibility index (Phi) is 7.25. The van der Waals surface area contributed by atoms with E-state index in [0.717, 1.165) is 24.2 Å². The molecule has 38 heavy (non-hydrogen) atoms. The van der Waals surface area contributed by atoms with Crippen LogP contribution in [0.5, 0.6) is 0 Å². The molecule has 1 aliphatic rings. The lowest BCUT2D eigenvalue weighted by molar-refractivity contribution is -0.143. The molecule has 3 aromatic rings. The zero-order chi connectivity index (χ0) is 28.0. The van der Waals surface area contributed by atoms with Crippen molar-refractivity contribution in [3.63, 3.8) is 0 Å². The number of halogens is 6. The van der Waals surface area contributed by atoms with Crippen molar-refractivity contribution < 1.29 is 35.9 Å². The van der Waals surface area contributed by atoms with E-state index in [1.165, 1.54) is 17.8 Å². The van der Waals surface area contributed by atoms with Gasteiger partial charge in [0.2, 0.25) is 5.13 Å². The first-order valence-corrected chi connectivity index (χ1v) is 12.2. The molecular formula is C23H22F6N6O2S. The first-order chi connectivity index (χ1) is 17.6. The average molecular weight is 561 g/mol. The van der Waals surface area contributed by atoms with Crippen LogP contribution in [0.1, 0.15) is 68.6 Å². The SMILES string of the molecule is Cc1nc([C@H](C)NC(=O)c2cc(C(F)(F)F)cc(C(F)(F)F)c2)n(-c2ncc(C(=O)N(C)CC3CC3)s2)n1. The molecule has 15 heteroatoms. The molecule has 0 unspecified atom stereocenters. The average Bonchev–Trinajstić information content (AvgIpc) is 3.34. The van der Waals surface area contributed by atoms with Gasteiger partial charge < -0.3 is 10.2 Å².